The van der Waals surface area contributed by atoms with Gasteiger partial charge in [-0.25, -0.2) is 0 Å². The van der Waals surface area contributed by atoms with E-state index in [1.54, 1.807) is 0 Å². The third-order valence-electron chi connectivity index (χ3n) is 2.69. The second kappa shape index (κ2) is 5.26. The number of aryl methyl sites for hydroxylation is 1. The van der Waals surface area contributed by atoms with Crippen molar-refractivity contribution >= 4 is 0 Å². The summed E-state index contributed by atoms with van der Waals surface area (Å²) in [6.07, 6.45) is 1.08. The number of rotatable bonds is 5. The van der Waals surface area contributed by atoms with Crippen LogP contribution in [0.15, 0.2) is 0 Å². The lowest BCUT2D eigenvalue weighted by Crippen LogP contribution is -2.19. The molecule has 2 N–H and O–H groups in total. The van der Waals surface area contributed by atoms with Crippen LogP contribution in [-0.2, 0) is 6.54 Å². The summed E-state index contributed by atoms with van der Waals surface area (Å²) < 4.78 is 2.15. The second-order valence-electron chi connectivity index (χ2n) is 4.41. The topological polar surface area (TPSA) is 56.7 Å². The summed E-state index contributed by atoms with van der Waals surface area (Å²) in [6, 6.07) is 0. The van der Waals surface area contributed by atoms with Crippen LogP contribution in [0.1, 0.15) is 44.8 Å². The van der Waals surface area contributed by atoms with Crippen molar-refractivity contribution in [2.24, 2.45) is 11.7 Å². The van der Waals surface area contributed by atoms with Gasteiger partial charge in [0.05, 0.1) is 0 Å². The quantitative estimate of drug-likeness (QED) is 0.804. The maximum absolute atomic E-state index is 5.80. The number of nitrogens with two attached hydrogens (primary N) is 1. The van der Waals surface area contributed by atoms with Gasteiger partial charge >= 0.3 is 0 Å². The van der Waals surface area contributed by atoms with Crippen LogP contribution in [0.2, 0.25) is 0 Å². The fourth-order valence-corrected chi connectivity index (χ4v) is 1.97. The van der Waals surface area contributed by atoms with Gasteiger partial charge in [-0.15, -0.1) is 10.2 Å². The Balaban J connectivity index is 2.90. The Kier molecular flexibility index (Phi) is 4.27. The Morgan fingerprint density at radius 2 is 2.00 bits per heavy atom. The Hall–Kier alpha value is -0.900. The molecule has 1 aromatic heterocycles. The minimum atomic E-state index is 0.339. The molecule has 15 heavy (non-hydrogen) atoms. The third-order valence-corrected chi connectivity index (χ3v) is 2.69. The molecular formula is C11H22N4. The zero-order chi connectivity index (χ0) is 11.4. The van der Waals surface area contributed by atoms with Gasteiger partial charge in [0.25, 0.3) is 0 Å². The molecule has 0 bridgehead atoms. The SMILES string of the molecule is CCn1c(C)nnc1C(CN)CC(C)C. The third kappa shape index (κ3) is 2.78. The summed E-state index contributed by atoms with van der Waals surface area (Å²) in [4.78, 5) is 0. The van der Waals surface area contributed by atoms with Gasteiger partial charge in [0, 0.05) is 19.0 Å². The monoisotopic (exact) mass is 210 g/mol. The van der Waals surface area contributed by atoms with Crippen LogP contribution in [0.3, 0.4) is 0 Å². The average Bonchev–Trinajstić information content (AvgIpc) is 2.55. The molecular weight excluding hydrogens is 188 g/mol. The van der Waals surface area contributed by atoms with Crippen molar-refractivity contribution in [1.82, 2.24) is 14.8 Å². The van der Waals surface area contributed by atoms with Crippen LogP contribution in [0.5, 0.6) is 0 Å². The maximum atomic E-state index is 5.80. The van der Waals surface area contributed by atoms with Gasteiger partial charge < -0.3 is 10.3 Å². The molecule has 0 aromatic carbocycles. The lowest BCUT2D eigenvalue weighted by atomic mass is 9.96. The van der Waals surface area contributed by atoms with Gasteiger partial charge in [0.2, 0.25) is 0 Å². The molecule has 0 saturated heterocycles. The fourth-order valence-electron chi connectivity index (χ4n) is 1.97. The summed E-state index contributed by atoms with van der Waals surface area (Å²) in [7, 11) is 0. The molecule has 1 heterocycles. The van der Waals surface area contributed by atoms with Crippen molar-refractivity contribution < 1.29 is 0 Å². The summed E-state index contributed by atoms with van der Waals surface area (Å²) in [6.45, 7) is 10.1. The van der Waals surface area contributed by atoms with E-state index in [-0.39, 0.29) is 0 Å². The maximum Gasteiger partial charge on any atom is 0.137 e. The molecule has 1 rings (SSSR count). The molecule has 4 heteroatoms. The van der Waals surface area contributed by atoms with E-state index in [9.17, 15) is 0 Å². The lowest BCUT2D eigenvalue weighted by molar-refractivity contribution is 0.470. The van der Waals surface area contributed by atoms with E-state index in [1.165, 1.54) is 0 Å². The van der Waals surface area contributed by atoms with Crippen LogP contribution < -0.4 is 5.73 Å². The molecule has 1 unspecified atom stereocenters. The smallest absolute Gasteiger partial charge is 0.137 e. The molecule has 0 saturated carbocycles. The van der Waals surface area contributed by atoms with E-state index in [2.05, 4.69) is 35.5 Å². The average molecular weight is 210 g/mol. The van der Waals surface area contributed by atoms with Crippen LogP contribution in [0, 0.1) is 12.8 Å². The standard InChI is InChI=1S/C11H22N4/c1-5-15-9(4)13-14-11(15)10(7-12)6-8(2)3/h8,10H,5-7,12H2,1-4H3. The van der Waals surface area contributed by atoms with Crippen molar-refractivity contribution in [3.8, 4) is 0 Å². The Morgan fingerprint density at radius 1 is 1.33 bits per heavy atom. The highest BCUT2D eigenvalue weighted by Gasteiger charge is 2.18. The fraction of sp³-hybridized carbons (Fsp3) is 0.818. The van der Waals surface area contributed by atoms with Crippen LogP contribution in [0.4, 0.5) is 0 Å². The molecule has 0 aliphatic rings. The van der Waals surface area contributed by atoms with Gasteiger partial charge in [-0.2, -0.15) is 0 Å². The van der Waals surface area contributed by atoms with Crippen molar-refractivity contribution in [1.29, 1.82) is 0 Å². The first-order valence-corrected chi connectivity index (χ1v) is 5.69. The van der Waals surface area contributed by atoms with E-state index < -0.39 is 0 Å². The zero-order valence-electron chi connectivity index (χ0n) is 10.2. The first-order chi connectivity index (χ1) is 7.10. The molecule has 0 radical (unpaired) electrons. The molecule has 0 fully saturated rings. The van der Waals surface area contributed by atoms with Gasteiger partial charge in [-0.05, 0) is 26.2 Å². The van der Waals surface area contributed by atoms with E-state index in [0.29, 0.717) is 18.4 Å². The van der Waals surface area contributed by atoms with Crippen molar-refractivity contribution in [2.45, 2.75) is 46.6 Å². The predicted molar refractivity (Wildman–Crippen MR) is 61.7 cm³/mol. The van der Waals surface area contributed by atoms with Gasteiger partial charge in [-0.3, -0.25) is 0 Å². The van der Waals surface area contributed by atoms with Crippen LogP contribution >= 0.6 is 0 Å². The van der Waals surface area contributed by atoms with Crippen molar-refractivity contribution in [2.75, 3.05) is 6.54 Å². The van der Waals surface area contributed by atoms with Gasteiger partial charge in [0.15, 0.2) is 0 Å². The van der Waals surface area contributed by atoms with Crippen LogP contribution in [0.25, 0.3) is 0 Å². The van der Waals surface area contributed by atoms with E-state index in [4.69, 9.17) is 5.73 Å². The lowest BCUT2D eigenvalue weighted by Gasteiger charge is -2.17. The highest BCUT2D eigenvalue weighted by Crippen LogP contribution is 2.21. The predicted octanol–water partition coefficient (Wildman–Crippen LogP) is 1.69. The summed E-state index contributed by atoms with van der Waals surface area (Å²) in [5, 5.41) is 8.36. The van der Waals surface area contributed by atoms with E-state index in [0.717, 1.165) is 24.6 Å². The minimum absolute atomic E-state index is 0.339. The summed E-state index contributed by atoms with van der Waals surface area (Å²) in [5.41, 5.74) is 5.80. The highest BCUT2D eigenvalue weighted by atomic mass is 15.3. The molecule has 0 amide bonds. The molecule has 4 nitrogen and oxygen atoms in total. The molecule has 0 aliphatic heterocycles. The number of hydrogen-bond acceptors (Lipinski definition) is 3. The second-order valence-corrected chi connectivity index (χ2v) is 4.41. The Labute approximate surface area is 91.9 Å². The first-order valence-electron chi connectivity index (χ1n) is 5.69. The Bertz CT molecular complexity index is 304. The summed E-state index contributed by atoms with van der Waals surface area (Å²) in [5.74, 6) is 3.01. The van der Waals surface area contributed by atoms with E-state index in [1.807, 2.05) is 6.92 Å². The first kappa shape index (κ1) is 12.2. The highest BCUT2D eigenvalue weighted by molar-refractivity contribution is 5.02. The number of nitrogens with zero attached hydrogens (tertiary/aromatic N) is 3. The molecule has 1 aromatic rings. The normalized spacial score (nSPS) is 13.5. The molecule has 0 spiro atoms. The summed E-state index contributed by atoms with van der Waals surface area (Å²) >= 11 is 0. The van der Waals surface area contributed by atoms with Gasteiger partial charge in [0.1, 0.15) is 11.6 Å². The van der Waals surface area contributed by atoms with Crippen molar-refractivity contribution in [3.63, 3.8) is 0 Å². The zero-order valence-corrected chi connectivity index (χ0v) is 10.2. The minimum Gasteiger partial charge on any atom is -0.330 e. The number of hydrogen-bond donors (Lipinski definition) is 1. The number of aromatic nitrogens is 3. The van der Waals surface area contributed by atoms with E-state index >= 15 is 0 Å². The molecule has 1 atom stereocenters. The van der Waals surface area contributed by atoms with Crippen LogP contribution in [-0.4, -0.2) is 21.3 Å². The molecule has 86 valence electrons. The molecule has 0 aliphatic carbocycles. The Morgan fingerprint density at radius 3 is 2.47 bits per heavy atom. The van der Waals surface area contributed by atoms with Crippen molar-refractivity contribution in [3.05, 3.63) is 11.6 Å². The largest absolute Gasteiger partial charge is 0.330 e. The van der Waals surface area contributed by atoms with Gasteiger partial charge in [-0.1, -0.05) is 13.8 Å².